The van der Waals surface area contributed by atoms with Gasteiger partial charge in [0.05, 0.1) is 12.7 Å². The number of hydrogen-bond acceptors (Lipinski definition) is 3. The molecule has 0 aliphatic carbocycles. The van der Waals surface area contributed by atoms with Crippen LogP contribution in [0.4, 0.5) is 0 Å². The lowest BCUT2D eigenvalue weighted by Gasteiger charge is -2.24. The van der Waals surface area contributed by atoms with E-state index < -0.39 is 0 Å². The van der Waals surface area contributed by atoms with Gasteiger partial charge in [0.2, 0.25) is 0 Å². The summed E-state index contributed by atoms with van der Waals surface area (Å²) in [5, 5.41) is 0. The van der Waals surface area contributed by atoms with E-state index in [9.17, 15) is 0 Å². The molecule has 2 rings (SSSR count). The van der Waals surface area contributed by atoms with E-state index in [0.717, 1.165) is 13.0 Å². The fourth-order valence-electron chi connectivity index (χ4n) is 1.71. The van der Waals surface area contributed by atoms with Gasteiger partial charge in [-0.25, -0.2) is 0 Å². The van der Waals surface area contributed by atoms with E-state index in [0.29, 0.717) is 0 Å². The molecule has 0 amide bonds. The summed E-state index contributed by atoms with van der Waals surface area (Å²) in [6.07, 6.45) is 3.24. The Labute approximate surface area is 123 Å². The molecule has 1 nitrogen and oxygen atoms in total. The Morgan fingerprint density at radius 3 is 2.58 bits per heavy atom. The molecule has 0 bridgehead atoms. The minimum atomic E-state index is 0.183. The van der Waals surface area contributed by atoms with E-state index in [4.69, 9.17) is 4.74 Å². The fraction of sp³-hybridized carbons (Fsp3) is 0.500. The lowest BCUT2D eigenvalue weighted by atomic mass is 9.92. The van der Waals surface area contributed by atoms with Crippen molar-refractivity contribution in [2.75, 3.05) is 6.61 Å². The van der Waals surface area contributed by atoms with Crippen LogP contribution in [0.3, 0.4) is 0 Å². The van der Waals surface area contributed by atoms with Crippen molar-refractivity contribution in [1.82, 2.24) is 0 Å². The molecular weight excluding hydrogens is 272 g/mol. The molecule has 0 saturated carbocycles. The smallest absolute Gasteiger partial charge is 0.0889 e. The molecule has 0 aliphatic rings. The van der Waals surface area contributed by atoms with E-state index >= 15 is 0 Å². The van der Waals surface area contributed by atoms with Crippen molar-refractivity contribution in [2.45, 2.75) is 40.2 Å². The molecule has 0 N–H and O–H groups in total. The summed E-state index contributed by atoms with van der Waals surface area (Å²) >= 11 is 3.64. The van der Waals surface area contributed by atoms with Crippen LogP contribution in [0.2, 0.25) is 0 Å². The van der Waals surface area contributed by atoms with Gasteiger partial charge in [0.25, 0.3) is 0 Å². The second-order valence-electron chi connectivity index (χ2n) is 5.70. The third kappa shape index (κ3) is 3.47. The first kappa shape index (κ1) is 14.8. The summed E-state index contributed by atoms with van der Waals surface area (Å²) in [5.41, 5.74) is 0.263. The van der Waals surface area contributed by atoms with Crippen LogP contribution in [-0.4, -0.2) is 6.61 Å². The standard InChI is InChI=1S/C16H22OS2/c1-6-12-8-14-15(18-12)9-13(19-14)11(3)17-10-16(4,5)7-2/h6,8-9,11H,1,7,10H2,2-5H3. The van der Waals surface area contributed by atoms with Gasteiger partial charge >= 0.3 is 0 Å². The zero-order valence-electron chi connectivity index (χ0n) is 12.2. The Kier molecular flexibility index (Phi) is 4.49. The van der Waals surface area contributed by atoms with Crippen LogP contribution in [0.5, 0.6) is 0 Å². The van der Waals surface area contributed by atoms with E-state index in [2.05, 4.69) is 46.4 Å². The Bertz CT molecular complexity index is 531. The molecule has 0 radical (unpaired) electrons. The Balaban J connectivity index is 2.06. The zero-order valence-corrected chi connectivity index (χ0v) is 13.8. The van der Waals surface area contributed by atoms with Gasteiger partial charge in [0.15, 0.2) is 0 Å². The van der Waals surface area contributed by atoms with Crippen LogP contribution < -0.4 is 0 Å². The van der Waals surface area contributed by atoms with Crippen molar-refractivity contribution in [1.29, 1.82) is 0 Å². The molecule has 3 heteroatoms. The molecule has 0 spiro atoms. The maximum absolute atomic E-state index is 6.03. The van der Waals surface area contributed by atoms with Gasteiger partial charge in [-0.2, -0.15) is 0 Å². The number of thiophene rings is 2. The monoisotopic (exact) mass is 294 g/mol. The van der Waals surface area contributed by atoms with E-state index in [1.165, 1.54) is 19.2 Å². The second kappa shape index (κ2) is 5.78. The summed E-state index contributed by atoms with van der Waals surface area (Å²) in [6, 6.07) is 4.48. The highest BCUT2D eigenvalue weighted by atomic mass is 32.1. The highest BCUT2D eigenvalue weighted by molar-refractivity contribution is 7.28. The summed E-state index contributed by atoms with van der Waals surface area (Å²) in [7, 11) is 0. The number of fused-ring (bicyclic) bond motifs is 1. The van der Waals surface area contributed by atoms with Gasteiger partial charge in [-0.3, -0.25) is 0 Å². The molecule has 104 valence electrons. The minimum Gasteiger partial charge on any atom is -0.372 e. The number of ether oxygens (including phenoxy) is 1. The molecule has 0 aromatic carbocycles. The van der Waals surface area contributed by atoms with Gasteiger partial charge < -0.3 is 4.74 Å². The van der Waals surface area contributed by atoms with Crippen molar-refractivity contribution in [3.63, 3.8) is 0 Å². The average molecular weight is 294 g/mol. The van der Waals surface area contributed by atoms with Crippen molar-refractivity contribution in [3.05, 3.63) is 28.5 Å². The summed E-state index contributed by atoms with van der Waals surface area (Å²) < 4.78 is 8.73. The van der Waals surface area contributed by atoms with Gasteiger partial charge in [-0.15, -0.1) is 22.7 Å². The van der Waals surface area contributed by atoms with Gasteiger partial charge in [-0.1, -0.05) is 33.4 Å². The minimum absolute atomic E-state index is 0.183. The van der Waals surface area contributed by atoms with Crippen LogP contribution in [0.15, 0.2) is 18.7 Å². The molecule has 0 fully saturated rings. The quantitative estimate of drug-likeness (QED) is 0.623. The topological polar surface area (TPSA) is 9.23 Å². The van der Waals surface area contributed by atoms with Crippen LogP contribution in [0, 0.1) is 5.41 Å². The maximum Gasteiger partial charge on any atom is 0.0889 e. The molecule has 1 unspecified atom stereocenters. The Hall–Kier alpha value is -0.640. The first-order valence-electron chi connectivity index (χ1n) is 6.72. The highest BCUT2D eigenvalue weighted by Gasteiger charge is 2.19. The van der Waals surface area contributed by atoms with E-state index in [-0.39, 0.29) is 11.5 Å². The highest BCUT2D eigenvalue weighted by Crippen LogP contribution is 2.37. The second-order valence-corrected chi connectivity index (χ2v) is 7.93. The molecule has 19 heavy (non-hydrogen) atoms. The zero-order chi connectivity index (χ0) is 14.0. The molecule has 2 aromatic heterocycles. The van der Waals surface area contributed by atoms with Crippen LogP contribution in [-0.2, 0) is 4.74 Å². The average Bonchev–Trinajstić information content (AvgIpc) is 2.93. The summed E-state index contributed by atoms with van der Waals surface area (Å²) in [4.78, 5) is 2.57. The van der Waals surface area contributed by atoms with Gasteiger partial charge in [-0.05, 0) is 30.9 Å². The van der Waals surface area contributed by atoms with Crippen LogP contribution in [0.25, 0.3) is 15.5 Å². The largest absolute Gasteiger partial charge is 0.372 e. The van der Waals surface area contributed by atoms with Gasteiger partial charge in [0, 0.05) is 19.2 Å². The molecule has 2 aromatic rings. The van der Waals surface area contributed by atoms with Crippen molar-refractivity contribution >= 4 is 38.1 Å². The first-order valence-corrected chi connectivity index (χ1v) is 8.36. The normalized spacial score (nSPS) is 13.9. The van der Waals surface area contributed by atoms with Crippen molar-refractivity contribution < 1.29 is 4.74 Å². The predicted molar refractivity (Wildman–Crippen MR) is 88.2 cm³/mol. The number of rotatable bonds is 6. The van der Waals surface area contributed by atoms with E-state index in [1.807, 2.05) is 17.4 Å². The molecule has 0 saturated heterocycles. The summed E-state index contributed by atoms with van der Waals surface area (Å²) in [6.45, 7) is 13.5. The van der Waals surface area contributed by atoms with Crippen molar-refractivity contribution in [3.8, 4) is 0 Å². The predicted octanol–water partition coefficient (Wildman–Crippen LogP) is 6.12. The van der Waals surface area contributed by atoms with E-state index in [1.54, 1.807) is 11.3 Å². The maximum atomic E-state index is 6.03. The summed E-state index contributed by atoms with van der Waals surface area (Å²) in [5.74, 6) is 0. The number of hydrogen-bond donors (Lipinski definition) is 0. The fourth-order valence-corrected chi connectivity index (χ4v) is 3.98. The third-order valence-corrected chi connectivity index (χ3v) is 5.98. The molecular formula is C16H22OS2. The first-order chi connectivity index (χ1) is 8.95. The molecule has 0 aliphatic heterocycles. The molecule has 1 atom stereocenters. The van der Waals surface area contributed by atoms with Crippen LogP contribution in [0.1, 0.15) is 50.0 Å². The molecule has 2 heterocycles. The Morgan fingerprint density at radius 1 is 1.32 bits per heavy atom. The third-order valence-electron chi connectivity index (χ3n) is 3.53. The van der Waals surface area contributed by atoms with Gasteiger partial charge in [0.1, 0.15) is 0 Å². The van der Waals surface area contributed by atoms with Crippen molar-refractivity contribution in [2.24, 2.45) is 5.41 Å². The van der Waals surface area contributed by atoms with Crippen LogP contribution >= 0.6 is 22.7 Å². The SMILES string of the molecule is C=Cc1cc2sc(C(C)OCC(C)(C)CC)cc2s1. The Morgan fingerprint density at radius 2 is 2.00 bits per heavy atom. The lowest BCUT2D eigenvalue weighted by molar-refractivity contribution is 0.0115. The lowest BCUT2D eigenvalue weighted by Crippen LogP contribution is -2.19.